The molecule has 0 bridgehead atoms. The maximum absolute atomic E-state index is 12.9. The fourth-order valence-corrected chi connectivity index (χ4v) is 4.77. The second kappa shape index (κ2) is 7.97. The minimum Gasteiger partial charge on any atom is -0.507 e. The van der Waals surface area contributed by atoms with Crippen molar-refractivity contribution in [2.45, 2.75) is 25.3 Å². The van der Waals surface area contributed by atoms with E-state index in [2.05, 4.69) is 27.9 Å². The molecule has 3 unspecified atom stereocenters. The first-order chi connectivity index (χ1) is 13.9. The molecule has 3 aromatic rings. The number of hydrogen-bond donors (Lipinski definition) is 4. The summed E-state index contributed by atoms with van der Waals surface area (Å²) >= 11 is 2.19. The van der Waals surface area contributed by atoms with Crippen LogP contribution in [0.4, 0.5) is 0 Å². The molecule has 2 aromatic carbocycles. The topological polar surface area (TPSA) is 103 Å². The van der Waals surface area contributed by atoms with Gasteiger partial charge in [-0.3, -0.25) is 4.79 Å². The number of aliphatic hydroxyl groups excluding tert-OH is 1. The number of rotatable bonds is 4. The molecule has 1 aliphatic rings. The van der Waals surface area contributed by atoms with Gasteiger partial charge in [0.15, 0.2) is 5.43 Å². The van der Waals surface area contributed by atoms with E-state index in [-0.39, 0.29) is 52.4 Å². The van der Waals surface area contributed by atoms with Gasteiger partial charge >= 0.3 is 0 Å². The maximum Gasteiger partial charge on any atom is 0.197 e. The molecule has 1 aliphatic heterocycles. The quantitative estimate of drug-likeness (QED) is 0.403. The fourth-order valence-electron chi connectivity index (χ4n) is 4.23. The van der Waals surface area contributed by atoms with Crippen LogP contribution in [0.2, 0.25) is 0 Å². The van der Waals surface area contributed by atoms with E-state index in [1.165, 1.54) is 12.1 Å². The Hall–Kier alpha value is -2.10. The Labute approximate surface area is 181 Å². The van der Waals surface area contributed by atoms with Gasteiger partial charge in [-0.05, 0) is 53.6 Å². The molecule has 1 aromatic heterocycles. The highest BCUT2D eigenvalue weighted by molar-refractivity contribution is 14.1. The van der Waals surface area contributed by atoms with Crippen molar-refractivity contribution < 1.29 is 19.7 Å². The lowest BCUT2D eigenvalue weighted by Gasteiger charge is -2.26. The molecule has 29 heavy (non-hydrogen) atoms. The molecule has 3 atom stereocenters. The van der Waals surface area contributed by atoms with Crippen molar-refractivity contribution in [3.8, 4) is 22.8 Å². The molecule has 0 spiro atoms. The zero-order valence-corrected chi connectivity index (χ0v) is 18.0. The number of benzene rings is 2. The Morgan fingerprint density at radius 1 is 1.24 bits per heavy atom. The van der Waals surface area contributed by atoms with Crippen LogP contribution in [0.1, 0.15) is 24.8 Å². The van der Waals surface area contributed by atoms with E-state index in [4.69, 9.17) is 4.42 Å². The first kappa shape index (κ1) is 20.2. The highest BCUT2D eigenvalue weighted by atomic mass is 127. The van der Waals surface area contributed by atoms with Crippen LogP contribution >= 0.6 is 22.6 Å². The molecular formula is C22H22INO5. The van der Waals surface area contributed by atoms with E-state index in [1.807, 2.05) is 31.2 Å². The smallest absolute Gasteiger partial charge is 0.197 e. The molecule has 0 saturated carbocycles. The van der Waals surface area contributed by atoms with E-state index in [1.54, 1.807) is 0 Å². The summed E-state index contributed by atoms with van der Waals surface area (Å²) in [4.78, 5) is 12.9. The minimum atomic E-state index is -0.364. The third kappa shape index (κ3) is 3.62. The van der Waals surface area contributed by atoms with Gasteiger partial charge < -0.3 is 25.1 Å². The van der Waals surface area contributed by atoms with Crippen molar-refractivity contribution in [3.05, 3.63) is 55.8 Å². The van der Waals surface area contributed by atoms with Crippen LogP contribution in [0, 0.1) is 9.49 Å². The van der Waals surface area contributed by atoms with Crippen molar-refractivity contribution >= 4 is 33.6 Å². The van der Waals surface area contributed by atoms with Gasteiger partial charge in [0.2, 0.25) is 0 Å². The van der Waals surface area contributed by atoms with Crippen LogP contribution in [0.3, 0.4) is 0 Å². The van der Waals surface area contributed by atoms with Crippen molar-refractivity contribution in [2.24, 2.45) is 5.92 Å². The lowest BCUT2D eigenvalue weighted by molar-refractivity contribution is 0.202. The fraction of sp³-hybridized carbons (Fsp3) is 0.318. The Kier molecular flexibility index (Phi) is 5.54. The summed E-state index contributed by atoms with van der Waals surface area (Å²) in [6.45, 7) is 2.66. The largest absolute Gasteiger partial charge is 0.507 e. The van der Waals surface area contributed by atoms with Crippen molar-refractivity contribution in [2.75, 3.05) is 13.2 Å². The number of phenols is 2. The molecule has 7 heteroatoms. The Bertz CT molecular complexity index is 1130. The maximum atomic E-state index is 12.9. The second-order valence-corrected chi connectivity index (χ2v) is 8.80. The van der Waals surface area contributed by atoms with Gasteiger partial charge in [-0.2, -0.15) is 0 Å². The molecule has 0 radical (unpaired) electrons. The summed E-state index contributed by atoms with van der Waals surface area (Å²) in [5.74, 6) is -0.236. The number of aromatic hydroxyl groups is 2. The number of phenolic OH excluding ortho intramolecular Hbond substituents is 2. The van der Waals surface area contributed by atoms with Crippen LogP contribution < -0.4 is 10.7 Å². The zero-order chi connectivity index (χ0) is 20.7. The van der Waals surface area contributed by atoms with Crippen molar-refractivity contribution in [3.63, 3.8) is 0 Å². The summed E-state index contributed by atoms with van der Waals surface area (Å²) in [6, 6.07) is 10.1. The van der Waals surface area contributed by atoms with Crippen LogP contribution in [-0.2, 0) is 0 Å². The Balaban J connectivity index is 1.98. The Morgan fingerprint density at radius 2 is 2.03 bits per heavy atom. The number of fused-ring (bicyclic) bond motifs is 1. The van der Waals surface area contributed by atoms with Gasteiger partial charge in [0.05, 0.1) is 0 Å². The van der Waals surface area contributed by atoms with Gasteiger partial charge in [0.25, 0.3) is 0 Å². The molecule has 0 amide bonds. The van der Waals surface area contributed by atoms with E-state index < -0.39 is 0 Å². The SMILES string of the molecule is CC(CO)C1NCCC1c1c(O)cc(O)c2c(=O)cc(-c3cccc(I)c3)oc12. The molecular weight excluding hydrogens is 485 g/mol. The summed E-state index contributed by atoms with van der Waals surface area (Å²) in [7, 11) is 0. The molecule has 0 aliphatic carbocycles. The lowest BCUT2D eigenvalue weighted by atomic mass is 9.84. The summed E-state index contributed by atoms with van der Waals surface area (Å²) in [5, 5.41) is 34.1. The van der Waals surface area contributed by atoms with Crippen LogP contribution in [0.25, 0.3) is 22.3 Å². The first-order valence-corrected chi connectivity index (χ1v) is 10.6. The molecule has 1 fully saturated rings. The van der Waals surface area contributed by atoms with Crippen molar-refractivity contribution in [1.29, 1.82) is 0 Å². The molecule has 1 saturated heterocycles. The van der Waals surface area contributed by atoms with Crippen LogP contribution in [-0.4, -0.2) is 34.5 Å². The van der Waals surface area contributed by atoms with E-state index in [0.29, 0.717) is 11.3 Å². The molecule has 2 heterocycles. The number of halogens is 1. The van der Waals surface area contributed by atoms with E-state index >= 15 is 0 Å². The normalized spacial score (nSPS) is 20.2. The first-order valence-electron chi connectivity index (χ1n) is 9.53. The second-order valence-electron chi connectivity index (χ2n) is 7.55. The summed E-state index contributed by atoms with van der Waals surface area (Å²) in [6.07, 6.45) is 0.722. The summed E-state index contributed by atoms with van der Waals surface area (Å²) < 4.78 is 7.14. The molecule has 4 N–H and O–H groups in total. The van der Waals surface area contributed by atoms with Gasteiger partial charge in [0, 0.05) is 45.4 Å². The molecule has 4 rings (SSSR count). The van der Waals surface area contributed by atoms with Crippen LogP contribution in [0.5, 0.6) is 11.5 Å². The number of aliphatic hydroxyl groups is 1. The highest BCUT2D eigenvalue weighted by Crippen LogP contribution is 2.43. The predicted octanol–water partition coefficient (Wildman–Crippen LogP) is 3.55. The molecule has 152 valence electrons. The molecule has 6 nitrogen and oxygen atoms in total. The third-order valence-electron chi connectivity index (χ3n) is 5.65. The third-order valence-corrected chi connectivity index (χ3v) is 6.32. The average Bonchev–Trinajstić information content (AvgIpc) is 3.16. The zero-order valence-electron chi connectivity index (χ0n) is 15.9. The Morgan fingerprint density at radius 3 is 2.76 bits per heavy atom. The van der Waals surface area contributed by atoms with E-state index in [0.717, 1.165) is 22.1 Å². The van der Waals surface area contributed by atoms with Gasteiger partial charge in [-0.15, -0.1) is 0 Å². The minimum absolute atomic E-state index is 0.00257. The van der Waals surface area contributed by atoms with Gasteiger partial charge in [-0.25, -0.2) is 0 Å². The van der Waals surface area contributed by atoms with Crippen molar-refractivity contribution in [1.82, 2.24) is 5.32 Å². The predicted molar refractivity (Wildman–Crippen MR) is 119 cm³/mol. The summed E-state index contributed by atoms with van der Waals surface area (Å²) in [5.41, 5.74) is 1.08. The van der Waals surface area contributed by atoms with Gasteiger partial charge in [-0.1, -0.05) is 19.1 Å². The number of nitrogens with one attached hydrogen (secondary N) is 1. The highest BCUT2D eigenvalue weighted by Gasteiger charge is 2.36. The average molecular weight is 507 g/mol. The number of hydrogen-bond acceptors (Lipinski definition) is 6. The van der Waals surface area contributed by atoms with Crippen LogP contribution in [0.15, 0.2) is 45.6 Å². The lowest BCUT2D eigenvalue weighted by Crippen LogP contribution is -2.34. The van der Waals surface area contributed by atoms with E-state index in [9.17, 15) is 20.1 Å². The monoisotopic (exact) mass is 507 g/mol. The van der Waals surface area contributed by atoms with Gasteiger partial charge in [0.1, 0.15) is 28.2 Å². The standard InChI is InChI=1S/C22H22INO5/c1-11(10-25)21-14(5-6-24-21)19-15(26)8-16(27)20-17(28)9-18(29-22(19)20)12-3-2-4-13(23)7-12/h2-4,7-9,11,14,21,24-27H,5-6,10H2,1H3.